The van der Waals surface area contributed by atoms with Crippen molar-refractivity contribution in [3.63, 3.8) is 0 Å². The summed E-state index contributed by atoms with van der Waals surface area (Å²) in [6.07, 6.45) is 1.41. The number of carbonyl (C=O) groups is 2. The summed E-state index contributed by atoms with van der Waals surface area (Å²) < 4.78 is 36.2. The molecule has 200 valence electrons. The number of amides is 3. The summed E-state index contributed by atoms with van der Waals surface area (Å²) in [4.78, 5) is 36.0. The number of aliphatic hydroxyl groups is 1. The summed E-state index contributed by atoms with van der Waals surface area (Å²) in [5, 5.41) is 12.6. The Morgan fingerprint density at radius 3 is 2.41 bits per heavy atom. The lowest BCUT2D eigenvalue weighted by Crippen LogP contribution is -2.40. The van der Waals surface area contributed by atoms with Gasteiger partial charge >= 0.3 is 16.1 Å². The largest absolute Gasteiger partial charge is 0.479 e. The van der Waals surface area contributed by atoms with Crippen molar-refractivity contribution in [1.82, 2.24) is 20.8 Å². The Bertz CT molecular complexity index is 1310. The second-order valence-corrected chi connectivity index (χ2v) is 10.4. The van der Waals surface area contributed by atoms with Gasteiger partial charge in [-0.3, -0.25) is 19.5 Å². The molecule has 4 N–H and O–H groups in total. The molecule has 0 unspecified atom stereocenters. The van der Waals surface area contributed by atoms with E-state index in [1.807, 2.05) is 13.8 Å². The van der Waals surface area contributed by atoms with Crippen LogP contribution in [0.5, 0.6) is 5.88 Å². The molecular formula is C23H28N4O8S2. The third-order valence-corrected chi connectivity index (χ3v) is 6.70. The Kier molecular flexibility index (Phi) is 11.1. The van der Waals surface area contributed by atoms with E-state index in [0.29, 0.717) is 23.4 Å². The zero-order valence-electron chi connectivity index (χ0n) is 20.6. The number of hydroxylamine groups is 1. The second-order valence-electron chi connectivity index (χ2n) is 7.91. The van der Waals surface area contributed by atoms with Crippen molar-refractivity contribution in [2.24, 2.45) is 5.92 Å². The minimum absolute atomic E-state index is 0.0541. The molecule has 3 amide bonds. The molecule has 0 spiro atoms. The number of hydrogen-bond donors (Lipinski definition) is 4. The second kappa shape index (κ2) is 13.8. The lowest BCUT2D eigenvalue weighted by atomic mass is 10.1. The third-order valence-electron chi connectivity index (χ3n) is 4.39. The number of aromatic nitrogens is 2. The Morgan fingerprint density at radius 2 is 1.84 bits per heavy atom. The van der Waals surface area contributed by atoms with Crippen LogP contribution in [-0.2, 0) is 21.6 Å². The molecular weight excluding hydrogens is 524 g/mol. The smallest absolute Gasteiger partial charge is 0.345 e. The summed E-state index contributed by atoms with van der Waals surface area (Å²) in [6.45, 7) is 5.85. The molecule has 0 fully saturated rings. The summed E-state index contributed by atoms with van der Waals surface area (Å²) in [5.41, 5.74) is 4.54. The molecule has 3 rings (SSSR count). The maximum Gasteiger partial charge on any atom is 0.345 e. The topological polar surface area (TPSA) is 177 Å². The molecule has 2 aromatic heterocycles. The monoisotopic (exact) mass is 552 g/mol. The van der Waals surface area contributed by atoms with Crippen molar-refractivity contribution in [3.8, 4) is 17.0 Å². The predicted molar refractivity (Wildman–Crippen MR) is 136 cm³/mol. The van der Waals surface area contributed by atoms with Crippen molar-refractivity contribution in [3.05, 3.63) is 58.9 Å². The number of benzene rings is 1. The quantitative estimate of drug-likeness (QED) is 0.240. The van der Waals surface area contributed by atoms with E-state index < -0.39 is 22.1 Å². The van der Waals surface area contributed by atoms with Crippen LogP contribution in [0.15, 0.2) is 46.1 Å². The SMILES string of the molecule is COc1nc(C)cnc1C(=O)NC(=O)NOCC(C)C.O=S(=O)(O)c1sccc1-c1ccc(CO)cc1. The Hall–Kier alpha value is -3.43. The fourth-order valence-electron chi connectivity index (χ4n) is 2.71. The van der Waals surface area contributed by atoms with Gasteiger partial charge in [0.2, 0.25) is 5.88 Å². The lowest BCUT2D eigenvalue weighted by Gasteiger charge is -2.09. The molecule has 2 heterocycles. The van der Waals surface area contributed by atoms with Crippen molar-refractivity contribution < 1.29 is 37.2 Å². The van der Waals surface area contributed by atoms with E-state index in [4.69, 9.17) is 19.2 Å². The highest BCUT2D eigenvalue weighted by Crippen LogP contribution is 2.32. The van der Waals surface area contributed by atoms with E-state index >= 15 is 0 Å². The van der Waals surface area contributed by atoms with Gasteiger partial charge in [-0.15, -0.1) is 11.3 Å². The molecule has 0 bridgehead atoms. The van der Waals surface area contributed by atoms with Gasteiger partial charge in [-0.25, -0.2) is 20.2 Å². The van der Waals surface area contributed by atoms with Crippen LogP contribution < -0.4 is 15.5 Å². The molecule has 1 aromatic carbocycles. The number of hydrogen-bond acceptors (Lipinski definition) is 10. The van der Waals surface area contributed by atoms with Crippen molar-refractivity contribution >= 4 is 33.4 Å². The Morgan fingerprint density at radius 1 is 1.16 bits per heavy atom. The maximum absolute atomic E-state index is 11.8. The summed E-state index contributed by atoms with van der Waals surface area (Å²) in [6, 6.07) is 7.70. The molecule has 0 aliphatic carbocycles. The Balaban J connectivity index is 0.000000263. The van der Waals surface area contributed by atoms with E-state index in [1.165, 1.54) is 13.3 Å². The molecule has 0 atom stereocenters. The van der Waals surface area contributed by atoms with Crippen LogP contribution in [0.25, 0.3) is 11.1 Å². The van der Waals surface area contributed by atoms with Crippen LogP contribution in [0.3, 0.4) is 0 Å². The highest BCUT2D eigenvalue weighted by molar-refractivity contribution is 7.88. The van der Waals surface area contributed by atoms with Gasteiger partial charge < -0.3 is 9.84 Å². The number of rotatable bonds is 8. The van der Waals surface area contributed by atoms with Gasteiger partial charge in [-0.1, -0.05) is 38.1 Å². The fraction of sp³-hybridized carbons (Fsp3) is 0.304. The van der Waals surface area contributed by atoms with Gasteiger partial charge in [-0.05, 0) is 35.4 Å². The molecule has 3 aromatic rings. The number of aryl methyl sites for hydroxylation is 1. The third kappa shape index (κ3) is 9.18. The number of methoxy groups -OCH3 is 1. The molecule has 14 heteroatoms. The van der Waals surface area contributed by atoms with E-state index in [1.54, 1.807) is 42.6 Å². The highest BCUT2D eigenvalue weighted by atomic mass is 32.3. The first-order valence-corrected chi connectivity index (χ1v) is 13.1. The van der Waals surface area contributed by atoms with Gasteiger partial charge in [0.05, 0.1) is 26.0 Å². The average molecular weight is 553 g/mol. The normalized spacial score (nSPS) is 10.9. The number of aliphatic hydroxyl groups excluding tert-OH is 1. The maximum atomic E-state index is 11.8. The van der Waals surface area contributed by atoms with Crippen LogP contribution in [-0.4, -0.2) is 53.7 Å². The molecule has 37 heavy (non-hydrogen) atoms. The Labute approximate surface area is 218 Å². The van der Waals surface area contributed by atoms with Gasteiger partial charge in [0.1, 0.15) is 0 Å². The van der Waals surface area contributed by atoms with E-state index in [9.17, 15) is 18.0 Å². The van der Waals surface area contributed by atoms with Gasteiger partial charge in [0, 0.05) is 11.8 Å². The van der Waals surface area contributed by atoms with Crippen molar-refractivity contribution in [1.29, 1.82) is 0 Å². The first kappa shape index (κ1) is 29.8. The number of carbonyl (C=O) groups excluding carboxylic acids is 2. The minimum Gasteiger partial charge on any atom is -0.479 e. The molecule has 0 aliphatic heterocycles. The number of nitrogens with zero attached hydrogens (tertiary/aromatic N) is 2. The zero-order chi connectivity index (χ0) is 27.6. The number of nitrogens with one attached hydrogen (secondary N) is 2. The summed E-state index contributed by atoms with van der Waals surface area (Å²) >= 11 is 0.974. The number of ether oxygens (including phenoxy) is 1. The average Bonchev–Trinajstić information content (AvgIpc) is 3.35. The summed E-state index contributed by atoms with van der Waals surface area (Å²) in [7, 11) is -2.82. The molecule has 12 nitrogen and oxygen atoms in total. The number of urea groups is 1. The van der Waals surface area contributed by atoms with Crippen LogP contribution >= 0.6 is 11.3 Å². The van der Waals surface area contributed by atoms with E-state index in [0.717, 1.165) is 16.9 Å². The van der Waals surface area contributed by atoms with Crippen LogP contribution in [0.1, 0.15) is 35.6 Å². The van der Waals surface area contributed by atoms with Gasteiger partial charge in [0.15, 0.2) is 9.90 Å². The number of thiophene rings is 1. The van der Waals surface area contributed by atoms with Crippen molar-refractivity contribution in [2.45, 2.75) is 31.6 Å². The highest BCUT2D eigenvalue weighted by Gasteiger charge is 2.19. The fourth-order valence-corrected chi connectivity index (χ4v) is 4.47. The zero-order valence-corrected chi connectivity index (χ0v) is 22.2. The predicted octanol–water partition coefficient (Wildman–Crippen LogP) is 2.97. The van der Waals surface area contributed by atoms with Gasteiger partial charge in [-0.2, -0.15) is 8.42 Å². The summed E-state index contributed by atoms with van der Waals surface area (Å²) in [5.74, 6) is -0.410. The molecule has 0 aliphatic rings. The van der Waals surface area contributed by atoms with Crippen molar-refractivity contribution in [2.75, 3.05) is 13.7 Å². The van der Waals surface area contributed by atoms with Crippen LogP contribution in [0.2, 0.25) is 0 Å². The molecule has 0 saturated heterocycles. The van der Waals surface area contributed by atoms with Crippen LogP contribution in [0, 0.1) is 12.8 Å². The minimum atomic E-state index is -4.18. The standard InChI is InChI=1S/C12H18N4O4.C11H10O4S2/c1-7(2)6-20-16-12(18)15-10(17)9-11(19-4)14-8(3)5-13-9;12-7-8-1-3-9(4-2-8)10-5-6-16-11(10)17(13,14)15/h5,7H,6H2,1-4H3,(H2,15,16,17,18);1-6,12H,7H2,(H,13,14,15). The number of imide groups is 1. The van der Waals surface area contributed by atoms with E-state index in [-0.39, 0.29) is 28.3 Å². The first-order chi connectivity index (χ1) is 17.5. The molecule has 0 saturated carbocycles. The first-order valence-electron chi connectivity index (χ1n) is 10.8. The van der Waals surface area contributed by atoms with Gasteiger partial charge in [0.25, 0.3) is 5.91 Å². The lowest BCUT2D eigenvalue weighted by molar-refractivity contribution is 0.0434. The van der Waals surface area contributed by atoms with Crippen LogP contribution in [0.4, 0.5) is 4.79 Å². The molecule has 0 radical (unpaired) electrons. The van der Waals surface area contributed by atoms with E-state index in [2.05, 4.69) is 20.8 Å².